The fraction of sp³-hybridized carbons (Fsp3) is 0.278. The fourth-order valence-corrected chi connectivity index (χ4v) is 2.53. The highest BCUT2D eigenvalue weighted by Gasteiger charge is 2.28. The average molecular weight is 343 g/mol. The van der Waals surface area contributed by atoms with Gasteiger partial charge in [0.2, 0.25) is 5.91 Å². The molecule has 0 radical (unpaired) electrons. The van der Waals surface area contributed by atoms with Gasteiger partial charge in [0.05, 0.1) is 4.92 Å². The van der Waals surface area contributed by atoms with Gasteiger partial charge in [-0.1, -0.05) is 24.3 Å². The van der Waals surface area contributed by atoms with E-state index in [-0.39, 0.29) is 30.0 Å². The lowest BCUT2D eigenvalue weighted by Gasteiger charge is -2.19. The molecule has 1 aliphatic rings. The van der Waals surface area contributed by atoms with E-state index in [0.29, 0.717) is 11.1 Å². The van der Waals surface area contributed by atoms with E-state index in [1.165, 1.54) is 24.3 Å². The standard InChI is InChI=1S/C18H18FN3O3/c19-14-6-4-13(5-7-14)17(18(23)21-15-8-9-15)20-11-12-2-1-3-16(10-12)22(24)25/h1-7,10,15,17,20H,8-9,11H2,(H,21,23). The molecule has 2 aromatic carbocycles. The van der Waals surface area contributed by atoms with E-state index in [0.717, 1.165) is 12.8 Å². The monoisotopic (exact) mass is 343 g/mol. The molecule has 1 atom stereocenters. The maximum Gasteiger partial charge on any atom is 0.269 e. The van der Waals surface area contributed by atoms with Gasteiger partial charge in [-0.25, -0.2) is 4.39 Å². The molecule has 7 heteroatoms. The Balaban J connectivity index is 1.74. The Hall–Kier alpha value is -2.80. The number of rotatable bonds is 7. The Morgan fingerprint density at radius 3 is 2.60 bits per heavy atom. The summed E-state index contributed by atoms with van der Waals surface area (Å²) in [6.07, 6.45) is 1.93. The van der Waals surface area contributed by atoms with Gasteiger partial charge in [-0.15, -0.1) is 0 Å². The van der Waals surface area contributed by atoms with Crippen molar-refractivity contribution in [2.45, 2.75) is 31.5 Å². The van der Waals surface area contributed by atoms with E-state index in [4.69, 9.17) is 0 Å². The predicted octanol–water partition coefficient (Wildman–Crippen LogP) is 2.84. The second kappa shape index (κ2) is 7.40. The number of amides is 1. The Morgan fingerprint density at radius 2 is 1.96 bits per heavy atom. The molecule has 2 aromatic rings. The van der Waals surface area contributed by atoms with Crippen LogP contribution in [0, 0.1) is 15.9 Å². The first kappa shape index (κ1) is 17.0. The number of hydrogen-bond acceptors (Lipinski definition) is 4. The van der Waals surface area contributed by atoms with E-state index < -0.39 is 11.0 Å². The van der Waals surface area contributed by atoms with Crippen molar-refractivity contribution >= 4 is 11.6 Å². The van der Waals surface area contributed by atoms with Gasteiger partial charge in [0.1, 0.15) is 11.9 Å². The summed E-state index contributed by atoms with van der Waals surface area (Å²) < 4.78 is 13.2. The fourth-order valence-electron chi connectivity index (χ4n) is 2.53. The maximum atomic E-state index is 13.2. The third kappa shape index (κ3) is 4.60. The van der Waals surface area contributed by atoms with Crippen molar-refractivity contribution in [2.75, 3.05) is 0 Å². The van der Waals surface area contributed by atoms with E-state index in [1.807, 2.05) is 0 Å². The Labute approximate surface area is 144 Å². The second-order valence-corrected chi connectivity index (χ2v) is 6.08. The lowest BCUT2D eigenvalue weighted by atomic mass is 10.1. The van der Waals surface area contributed by atoms with E-state index >= 15 is 0 Å². The van der Waals surface area contributed by atoms with Crippen LogP contribution < -0.4 is 10.6 Å². The smallest absolute Gasteiger partial charge is 0.269 e. The molecule has 0 saturated heterocycles. The molecule has 0 bridgehead atoms. The van der Waals surface area contributed by atoms with Crippen LogP contribution in [-0.4, -0.2) is 16.9 Å². The van der Waals surface area contributed by atoms with Crippen molar-refractivity contribution in [1.82, 2.24) is 10.6 Å². The van der Waals surface area contributed by atoms with Crippen molar-refractivity contribution in [3.05, 3.63) is 75.6 Å². The van der Waals surface area contributed by atoms with Gasteiger partial charge in [0.25, 0.3) is 5.69 Å². The Kier molecular flexibility index (Phi) is 5.04. The average Bonchev–Trinajstić information content (AvgIpc) is 3.41. The number of nitrogens with one attached hydrogen (secondary N) is 2. The Bertz CT molecular complexity index is 775. The largest absolute Gasteiger partial charge is 0.352 e. The predicted molar refractivity (Wildman–Crippen MR) is 90.2 cm³/mol. The molecule has 6 nitrogen and oxygen atoms in total. The van der Waals surface area contributed by atoms with Crippen LogP contribution >= 0.6 is 0 Å². The van der Waals surface area contributed by atoms with Gasteiger partial charge in [-0.2, -0.15) is 0 Å². The number of benzene rings is 2. The molecule has 1 saturated carbocycles. The first-order valence-corrected chi connectivity index (χ1v) is 8.05. The van der Waals surface area contributed by atoms with Crippen LogP contribution in [0.2, 0.25) is 0 Å². The molecule has 2 N–H and O–H groups in total. The maximum absolute atomic E-state index is 13.2. The van der Waals surface area contributed by atoms with Crippen molar-refractivity contribution < 1.29 is 14.1 Å². The summed E-state index contributed by atoms with van der Waals surface area (Å²) in [5.74, 6) is -0.552. The van der Waals surface area contributed by atoms with Gasteiger partial charge < -0.3 is 5.32 Å². The molecule has 3 rings (SSSR count). The highest BCUT2D eigenvalue weighted by molar-refractivity contribution is 5.83. The normalized spacial score (nSPS) is 14.8. The van der Waals surface area contributed by atoms with Crippen molar-refractivity contribution in [2.24, 2.45) is 0 Å². The lowest BCUT2D eigenvalue weighted by Crippen LogP contribution is -2.38. The summed E-state index contributed by atoms with van der Waals surface area (Å²) in [5, 5.41) is 16.9. The molecular weight excluding hydrogens is 325 g/mol. The number of nitro benzene ring substituents is 1. The van der Waals surface area contributed by atoms with Crippen LogP contribution in [0.25, 0.3) is 0 Å². The van der Waals surface area contributed by atoms with E-state index in [9.17, 15) is 19.3 Å². The summed E-state index contributed by atoms with van der Waals surface area (Å²) in [7, 11) is 0. The first-order chi connectivity index (χ1) is 12.0. The minimum Gasteiger partial charge on any atom is -0.352 e. The van der Waals surface area contributed by atoms with Crippen LogP contribution in [0.4, 0.5) is 10.1 Å². The van der Waals surface area contributed by atoms with Gasteiger partial charge in [-0.05, 0) is 36.1 Å². The van der Waals surface area contributed by atoms with Crippen molar-refractivity contribution in [3.63, 3.8) is 0 Å². The number of non-ortho nitro benzene ring substituents is 1. The third-order valence-corrected chi connectivity index (χ3v) is 4.02. The van der Waals surface area contributed by atoms with Crippen LogP contribution in [0.3, 0.4) is 0 Å². The van der Waals surface area contributed by atoms with Gasteiger partial charge in [0, 0.05) is 24.7 Å². The molecule has 0 spiro atoms. The molecule has 130 valence electrons. The van der Waals surface area contributed by atoms with Crippen LogP contribution in [0.1, 0.15) is 30.0 Å². The van der Waals surface area contributed by atoms with Gasteiger partial charge in [-0.3, -0.25) is 20.2 Å². The van der Waals surface area contributed by atoms with Crippen LogP contribution in [-0.2, 0) is 11.3 Å². The first-order valence-electron chi connectivity index (χ1n) is 8.05. The zero-order valence-corrected chi connectivity index (χ0v) is 13.4. The van der Waals surface area contributed by atoms with Crippen LogP contribution in [0.5, 0.6) is 0 Å². The minimum atomic E-state index is -0.652. The zero-order chi connectivity index (χ0) is 17.8. The second-order valence-electron chi connectivity index (χ2n) is 6.08. The van der Waals surface area contributed by atoms with Crippen LogP contribution in [0.15, 0.2) is 48.5 Å². The molecule has 0 aromatic heterocycles. The number of nitro groups is 1. The van der Waals surface area contributed by atoms with E-state index in [2.05, 4.69) is 10.6 Å². The highest BCUT2D eigenvalue weighted by Crippen LogP contribution is 2.22. The number of carbonyl (C=O) groups is 1. The highest BCUT2D eigenvalue weighted by atomic mass is 19.1. The number of hydrogen-bond donors (Lipinski definition) is 2. The number of carbonyl (C=O) groups excluding carboxylic acids is 1. The molecular formula is C18H18FN3O3. The van der Waals surface area contributed by atoms with Crippen molar-refractivity contribution in [1.29, 1.82) is 0 Å². The number of nitrogens with zero attached hydrogens (tertiary/aromatic N) is 1. The molecule has 0 heterocycles. The minimum absolute atomic E-state index is 0.0000594. The summed E-state index contributed by atoms with van der Waals surface area (Å²) in [6.45, 7) is 0.280. The van der Waals surface area contributed by atoms with E-state index in [1.54, 1.807) is 24.3 Å². The SMILES string of the molecule is O=C(NC1CC1)C(NCc1cccc([N+](=O)[O-])c1)c1ccc(F)cc1. The molecule has 1 fully saturated rings. The zero-order valence-electron chi connectivity index (χ0n) is 13.4. The summed E-state index contributed by atoms with van der Waals surface area (Å²) in [6, 6.07) is 11.5. The summed E-state index contributed by atoms with van der Waals surface area (Å²) in [4.78, 5) is 22.9. The lowest BCUT2D eigenvalue weighted by molar-refractivity contribution is -0.384. The molecule has 1 aliphatic carbocycles. The molecule has 0 aliphatic heterocycles. The Morgan fingerprint density at radius 1 is 1.24 bits per heavy atom. The summed E-state index contributed by atoms with van der Waals surface area (Å²) in [5.41, 5.74) is 1.34. The molecule has 25 heavy (non-hydrogen) atoms. The summed E-state index contributed by atoms with van der Waals surface area (Å²) >= 11 is 0. The molecule has 1 amide bonds. The van der Waals surface area contributed by atoms with Gasteiger partial charge >= 0.3 is 0 Å². The topological polar surface area (TPSA) is 84.3 Å². The number of halogens is 1. The quantitative estimate of drug-likeness (QED) is 0.598. The van der Waals surface area contributed by atoms with Crippen molar-refractivity contribution in [3.8, 4) is 0 Å². The van der Waals surface area contributed by atoms with Gasteiger partial charge in [0.15, 0.2) is 0 Å². The third-order valence-electron chi connectivity index (χ3n) is 4.02. The molecule has 1 unspecified atom stereocenters.